The van der Waals surface area contributed by atoms with Gasteiger partial charge in [0.25, 0.3) is 5.91 Å². The summed E-state index contributed by atoms with van der Waals surface area (Å²) in [7, 11) is 1.59. The van der Waals surface area contributed by atoms with Crippen LogP contribution in [-0.2, 0) is 13.0 Å². The summed E-state index contributed by atoms with van der Waals surface area (Å²) in [6.07, 6.45) is 7.64. The van der Waals surface area contributed by atoms with E-state index in [1.165, 1.54) is 6.42 Å². The van der Waals surface area contributed by atoms with Crippen molar-refractivity contribution in [2.24, 2.45) is 0 Å². The Morgan fingerprint density at radius 3 is 2.53 bits per heavy atom. The van der Waals surface area contributed by atoms with E-state index in [1.807, 2.05) is 23.1 Å². The standard InChI is InChI=1S/C24H28N6O2/c1-32-21-17-25-16-20(26-21)28-12-14-29(15-13-28)24(31)22-19-10-6-3-7-11-30(19)23(27-22)18-8-4-2-5-9-18/h2,4-5,8-9,16-17H,3,6-7,10-15H2,1H3. The molecule has 0 N–H and O–H groups in total. The van der Waals surface area contributed by atoms with Gasteiger partial charge in [0.1, 0.15) is 11.5 Å². The van der Waals surface area contributed by atoms with Gasteiger partial charge in [0.2, 0.25) is 5.88 Å². The van der Waals surface area contributed by atoms with E-state index in [0.29, 0.717) is 37.8 Å². The molecule has 32 heavy (non-hydrogen) atoms. The van der Waals surface area contributed by atoms with Gasteiger partial charge < -0.3 is 19.1 Å². The van der Waals surface area contributed by atoms with Crippen LogP contribution in [0.5, 0.6) is 5.88 Å². The van der Waals surface area contributed by atoms with Gasteiger partial charge in [-0.2, -0.15) is 4.98 Å². The number of imidazole rings is 1. The average Bonchev–Trinajstić information content (AvgIpc) is 3.04. The van der Waals surface area contributed by atoms with Crippen LogP contribution in [-0.4, -0.2) is 63.6 Å². The highest BCUT2D eigenvalue weighted by Crippen LogP contribution is 2.28. The minimum absolute atomic E-state index is 0.0363. The summed E-state index contributed by atoms with van der Waals surface area (Å²) in [5.41, 5.74) is 2.78. The molecule has 5 rings (SSSR count). The van der Waals surface area contributed by atoms with Crippen molar-refractivity contribution in [3.8, 4) is 17.3 Å². The molecule has 1 amide bonds. The van der Waals surface area contributed by atoms with E-state index in [1.54, 1.807) is 19.5 Å². The van der Waals surface area contributed by atoms with Crippen LogP contribution in [0.1, 0.15) is 35.4 Å². The van der Waals surface area contributed by atoms with Crippen LogP contribution in [0.3, 0.4) is 0 Å². The van der Waals surface area contributed by atoms with E-state index in [2.05, 4.69) is 31.6 Å². The number of hydrogen-bond donors (Lipinski definition) is 0. The SMILES string of the molecule is COc1cncc(N2CCN(C(=O)c3nc(-c4ccccc4)n4c3CCCCC4)CC2)n1. The van der Waals surface area contributed by atoms with Crippen molar-refractivity contribution in [1.29, 1.82) is 0 Å². The summed E-state index contributed by atoms with van der Waals surface area (Å²) in [6.45, 7) is 3.59. The summed E-state index contributed by atoms with van der Waals surface area (Å²) >= 11 is 0. The molecule has 4 heterocycles. The topological polar surface area (TPSA) is 76.4 Å². The zero-order chi connectivity index (χ0) is 21.9. The molecule has 0 aliphatic carbocycles. The highest BCUT2D eigenvalue weighted by Gasteiger charge is 2.29. The van der Waals surface area contributed by atoms with Crippen LogP contribution >= 0.6 is 0 Å². The molecule has 2 aliphatic rings. The Labute approximate surface area is 187 Å². The third-order valence-electron chi connectivity index (χ3n) is 6.30. The predicted octanol–water partition coefficient (Wildman–Crippen LogP) is 3.04. The van der Waals surface area contributed by atoms with Crippen molar-refractivity contribution in [1.82, 2.24) is 24.4 Å². The van der Waals surface area contributed by atoms with Gasteiger partial charge >= 0.3 is 0 Å². The second kappa shape index (κ2) is 8.98. The lowest BCUT2D eigenvalue weighted by Crippen LogP contribution is -2.49. The first kappa shape index (κ1) is 20.5. The first-order chi connectivity index (χ1) is 15.7. The summed E-state index contributed by atoms with van der Waals surface area (Å²) in [5.74, 6) is 2.22. The number of aromatic nitrogens is 4. The van der Waals surface area contributed by atoms with Crippen molar-refractivity contribution >= 4 is 11.7 Å². The maximum atomic E-state index is 13.6. The number of hydrogen-bond acceptors (Lipinski definition) is 6. The van der Waals surface area contributed by atoms with Crippen LogP contribution in [0.2, 0.25) is 0 Å². The van der Waals surface area contributed by atoms with Crippen LogP contribution < -0.4 is 9.64 Å². The second-order valence-electron chi connectivity index (χ2n) is 8.26. The lowest BCUT2D eigenvalue weighted by molar-refractivity contribution is 0.0739. The second-order valence-corrected chi connectivity index (χ2v) is 8.26. The van der Waals surface area contributed by atoms with Gasteiger partial charge in [-0.3, -0.25) is 9.78 Å². The van der Waals surface area contributed by atoms with Crippen molar-refractivity contribution in [3.63, 3.8) is 0 Å². The largest absolute Gasteiger partial charge is 0.480 e. The quantitative estimate of drug-likeness (QED) is 0.631. The molecule has 1 saturated heterocycles. The van der Waals surface area contributed by atoms with Gasteiger partial charge in [0, 0.05) is 38.3 Å². The van der Waals surface area contributed by atoms with E-state index < -0.39 is 0 Å². The molecule has 8 heteroatoms. The number of amides is 1. The summed E-state index contributed by atoms with van der Waals surface area (Å²) in [5, 5.41) is 0. The molecule has 2 aromatic heterocycles. The van der Waals surface area contributed by atoms with Gasteiger partial charge in [0.05, 0.1) is 25.2 Å². The molecule has 0 atom stereocenters. The monoisotopic (exact) mass is 432 g/mol. The number of fused-ring (bicyclic) bond motifs is 1. The number of piperazine rings is 1. The van der Waals surface area contributed by atoms with Crippen LogP contribution in [0, 0.1) is 0 Å². The Bertz CT molecular complexity index is 1090. The molecular weight excluding hydrogens is 404 g/mol. The smallest absolute Gasteiger partial charge is 0.274 e. The Morgan fingerprint density at radius 2 is 1.75 bits per heavy atom. The lowest BCUT2D eigenvalue weighted by atomic mass is 10.1. The predicted molar refractivity (Wildman–Crippen MR) is 122 cm³/mol. The summed E-state index contributed by atoms with van der Waals surface area (Å²) < 4.78 is 7.46. The van der Waals surface area contributed by atoms with Crippen molar-refractivity contribution in [3.05, 3.63) is 54.1 Å². The maximum Gasteiger partial charge on any atom is 0.274 e. The summed E-state index contributed by atoms with van der Waals surface area (Å²) in [4.78, 5) is 31.2. The van der Waals surface area contributed by atoms with Gasteiger partial charge in [-0.05, 0) is 19.3 Å². The highest BCUT2D eigenvalue weighted by molar-refractivity contribution is 5.94. The fourth-order valence-corrected chi connectivity index (χ4v) is 4.58. The third-order valence-corrected chi connectivity index (χ3v) is 6.30. The zero-order valence-corrected chi connectivity index (χ0v) is 18.4. The van der Waals surface area contributed by atoms with Gasteiger partial charge in [-0.1, -0.05) is 36.8 Å². The summed E-state index contributed by atoms with van der Waals surface area (Å²) in [6, 6.07) is 10.2. The van der Waals surface area contributed by atoms with E-state index in [9.17, 15) is 4.79 Å². The van der Waals surface area contributed by atoms with Gasteiger partial charge in [-0.15, -0.1) is 0 Å². The van der Waals surface area contributed by atoms with E-state index in [0.717, 1.165) is 48.7 Å². The van der Waals surface area contributed by atoms with E-state index >= 15 is 0 Å². The number of carbonyl (C=O) groups excluding carboxylic acids is 1. The van der Waals surface area contributed by atoms with Crippen molar-refractivity contribution < 1.29 is 9.53 Å². The first-order valence-corrected chi connectivity index (χ1v) is 11.3. The molecule has 1 fully saturated rings. The number of nitrogens with zero attached hydrogens (tertiary/aromatic N) is 6. The fraction of sp³-hybridized carbons (Fsp3) is 0.417. The Balaban J connectivity index is 1.37. The minimum atomic E-state index is 0.0363. The fourth-order valence-electron chi connectivity index (χ4n) is 4.58. The third kappa shape index (κ3) is 3.92. The number of carbonyl (C=O) groups is 1. The normalized spacial score (nSPS) is 16.4. The molecule has 8 nitrogen and oxygen atoms in total. The number of rotatable bonds is 4. The molecule has 0 saturated carbocycles. The molecule has 166 valence electrons. The number of ether oxygens (including phenoxy) is 1. The van der Waals surface area contributed by atoms with Crippen molar-refractivity contribution in [2.45, 2.75) is 32.2 Å². The number of anilines is 1. The molecule has 0 unspecified atom stereocenters. The van der Waals surface area contributed by atoms with Crippen LogP contribution in [0.15, 0.2) is 42.7 Å². The van der Waals surface area contributed by atoms with Crippen molar-refractivity contribution in [2.75, 3.05) is 38.2 Å². The molecule has 1 aromatic carbocycles. The maximum absolute atomic E-state index is 13.6. The molecule has 2 aliphatic heterocycles. The minimum Gasteiger partial charge on any atom is -0.480 e. The first-order valence-electron chi connectivity index (χ1n) is 11.3. The van der Waals surface area contributed by atoms with E-state index in [-0.39, 0.29) is 5.91 Å². The van der Waals surface area contributed by atoms with Gasteiger partial charge in [0.15, 0.2) is 5.82 Å². The Hall–Kier alpha value is -3.42. The molecule has 0 radical (unpaired) electrons. The Morgan fingerprint density at radius 1 is 0.938 bits per heavy atom. The highest BCUT2D eigenvalue weighted by atomic mass is 16.5. The molecule has 3 aromatic rings. The molecule has 0 spiro atoms. The van der Waals surface area contributed by atoms with Crippen LogP contribution in [0.4, 0.5) is 5.82 Å². The average molecular weight is 433 g/mol. The number of benzene rings is 1. The van der Waals surface area contributed by atoms with Crippen LogP contribution in [0.25, 0.3) is 11.4 Å². The Kier molecular flexibility index (Phi) is 5.75. The molecular formula is C24H28N6O2. The number of methoxy groups -OCH3 is 1. The zero-order valence-electron chi connectivity index (χ0n) is 18.4. The lowest BCUT2D eigenvalue weighted by Gasteiger charge is -2.35. The van der Waals surface area contributed by atoms with E-state index in [4.69, 9.17) is 9.72 Å². The molecule has 0 bridgehead atoms. The van der Waals surface area contributed by atoms with Gasteiger partial charge in [-0.25, -0.2) is 4.98 Å².